The Labute approximate surface area is 726 Å². The maximum absolute atomic E-state index is 14.4. The summed E-state index contributed by atoms with van der Waals surface area (Å²) in [6.45, 7) is 7.04. The summed E-state index contributed by atoms with van der Waals surface area (Å²) in [5.41, 5.74) is 17.0. The first-order chi connectivity index (χ1) is 62.6. The number of amides is 4. The van der Waals surface area contributed by atoms with Gasteiger partial charge in [0.2, 0.25) is 5.91 Å². The van der Waals surface area contributed by atoms with Crippen molar-refractivity contribution in [3.8, 4) is 28.2 Å². The number of fused-ring (bicyclic) bond motifs is 6. The van der Waals surface area contributed by atoms with E-state index in [1.165, 1.54) is 43.2 Å². The van der Waals surface area contributed by atoms with E-state index in [9.17, 15) is 33.6 Å². The number of rotatable bonds is 27. The van der Waals surface area contributed by atoms with Crippen molar-refractivity contribution < 1.29 is 34.8 Å². The van der Waals surface area contributed by atoms with E-state index in [1.54, 1.807) is 91.6 Å². The predicted octanol–water partition coefficient (Wildman–Crippen LogP) is 12.0. The van der Waals surface area contributed by atoms with E-state index in [2.05, 4.69) is 86.4 Å². The number of carbonyl (C=O) groups is 4. The quantitative estimate of drug-likeness (QED) is 0.0168. The average Bonchev–Trinajstić information content (AvgIpc) is 0.967. The molecular weight excluding hydrogens is 1630 g/mol. The van der Waals surface area contributed by atoms with E-state index in [1.807, 2.05) is 172 Å². The number of hydrogen-bond donors (Lipinski definition) is 14. The highest BCUT2D eigenvalue weighted by atomic mass is 16.5. The first kappa shape index (κ1) is 84.8. The summed E-state index contributed by atoms with van der Waals surface area (Å²) in [5.74, 6) is 1.15. The molecule has 4 amide bonds. The van der Waals surface area contributed by atoms with Crippen LogP contribution in [0.1, 0.15) is 129 Å². The minimum Gasteiger partial charge on any atom is -0.358 e. The number of benzene rings is 9. The molecule has 0 radical (unpaired) electrons. The molecule has 14 N–H and O–H groups in total. The number of nitrogens with zero attached hydrogens (tertiary/aromatic N) is 15. The van der Waals surface area contributed by atoms with Crippen LogP contribution in [-0.4, -0.2) is 128 Å². The number of nitrogens with one attached hydrogen (secondary N) is 11. The summed E-state index contributed by atoms with van der Waals surface area (Å²) in [6.07, 6.45) is 10.9. The summed E-state index contributed by atoms with van der Waals surface area (Å²) in [4.78, 5) is 154. The summed E-state index contributed by atoms with van der Waals surface area (Å²) >= 11 is 0. The summed E-state index contributed by atoms with van der Waals surface area (Å²) in [7, 11) is 0. The predicted molar refractivity (Wildman–Crippen MR) is 479 cm³/mol. The third kappa shape index (κ3) is 18.0. The average molecular weight is 1710 g/mol. The van der Waals surface area contributed by atoms with Gasteiger partial charge in [-0.05, 0) is 144 Å². The van der Waals surface area contributed by atoms with Crippen molar-refractivity contribution in [2.75, 3.05) is 16.0 Å². The van der Waals surface area contributed by atoms with Crippen LogP contribution in [0.2, 0.25) is 0 Å². The van der Waals surface area contributed by atoms with Gasteiger partial charge in [0.1, 0.15) is 53.0 Å². The molecule has 0 saturated carbocycles. The fourth-order valence-electron chi connectivity index (χ4n) is 15.1. The molecule has 36 heteroatoms. The minimum absolute atomic E-state index is 0.0423. The van der Waals surface area contributed by atoms with Crippen molar-refractivity contribution >= 4 is 107 Å². The van der Waals surface area contributed by atoms with Crippen molar-refractivity contribution in [1.29, 1.82) is 0 Å². The number of hydroxylamine groups is 3. The SMILES string of the molecule is CC[C@H](Nc1ncnc2nc[nH]c12)c1nc2cccc(-c3ccc(CC(=O)NO)cc3)c2c(=O)n1-c1ccccc1.CC[C@H](Nc1ncnc2nc[nH]c12)c1nc2cccc(CNC(=O)c3ccc(C(=O)NO)cc3)c2c(=O)n1-c1ccccc1.CC[C@H](Nc1ncnc2nc[nH]c12)c1nc2cccc(CNCc3ccc(C(=O)NO)cc3)c2c(=O)n1-c1ccccc1. The smallest absolute Gasteiger partial charge is 0.274 e. The van der Waals surface area contributed by atoms with E-state index >= 15 is 0 Å². The summed E-state index contributed by atoms with van der Waals surface area (Å²) < 4.78 is 4.91. The number of H-pyrrole nitrogens is 3. The molecule has 0 fully saturated rings. The number of aromatic amines is 3. The second kappa shape index (κ2) is 38.7. The molecule has 9 heterocycles. The monoisotopic (exact) mass is 1710 g/mol. The molecule has 0 bridgehead atoms. The maximum atomic E-state index is 14.4. The van der Waals surface area contributed by atoms with Crippen LogP contribution in [0.15, 0.2) is 271 Å². The number of anilines is 3. The third-order valence-corrected chi connectivity index (χ3v) is 21.4. The van der Waals surface area contributed by atoms with Crippen LogP contribution in [0.25, 0.3) is 94.4 Å². The Bertz CT molecular complexity index is 7280. The molecule has 0 aliphatic heterocycles. The lowest BCUT2D eigenvalue weighted by Gasteiger charge is -2.22. The molecule has 128 heavy (non-hydrogen) atoms. The molecule has 9 aromatic heterocycles. The highest BCUT2D eigenvalue weighted by Gasteiger charge is 2.28. The van der Waals surface area contributed by atoms with Crippen LogP contribution >= 0.6 is 0 Å². The van der Waals surface area contributed by atoms with Crippen molar-refractivity contribution in [2.24, 2.45) is 0 Å². The molecule has 9 aromatic carbocycles. The molecule has 0 spiro atoms. The minimum atomic E-state index is -0.679. The Hall–Kier alpha value is -16.8. The van der Waals surface area contributed by atoms with E-state index in [4.69, 9.17) is 30.6 Å². The van der Waals surface area contributed by atoms with Crippen molar-refractivity contribution in [3.63, 3.8) is 0 Å². The zero-order chi connectivity index (χ0) is 88.7. The first-order valence-electron chi connectivity index (χ1n) is 40.7. The van der Waals surface area contributed by atoms with Crippen molar-refractivity contribution in [1.82, 2.24) is 116 Å². The maximum Gasteiger partial charge on any atom is 0.274 e. The molecule has 18 aromatic rings. The van der Waals surface area contributed by atoms with Gasteiger partial charge < -0.3 is 41.5 Å². The van der Waals surface area contributed by atoms with Gasteiger partial charge in [0.15, 0.2) is 34.4 Å². The molecule has 0 aliphatic carbocycles. The lowest BCUT2D eigenvalue weighted by molar-refractivity contribution is -0.128. The Morgan fingerprint density at radius 3 is 1.13 bits per heavy atom. The van der Waals surface area contributed by atoms with E-state index < -0.39 is 29.7 Å². The van der Waals surface area contributed by atoms with Gasteiger partial charge in [0.25, 0.3) is 34.4 Å². The fraction of sp³-hybridized carbons (Fsp3) is 0.141. The van der Waals surface area contributed by atoms with Gasteiger partial charge in [0.05, 0.1) is 93.3 Å². The number of carbonyl (C=O) groups excluding carboxylic acids is 4. The van der Waals surface area contributed by atoms with E-state index in [0.717, 1.165) is 27.8 Å². The van der Waals surface area contributed by atoms with Gasteiger partial charge in [0, 0.05) is 36.3 Å². The molecule has 3 atom stereocenters. The third-order valence-electron chi connectivity index (χ3n) is 21.4. The van der Waals surface area contributed by atoms with Crippen LogP contribution < -0.4 is 59.7 Å². The molecule has 0 aliphatic rings. The Kier molecular flexibility index (Phi) is 25.6. The van der Waals surface area contributed by atoms with Crippen LogP contribution in [0, 0.1) is 0 Å². The van der Waals surface area contributed by atoms with E-state index in [0.29, 0.717) is 167 Å². The van der Waals surface area contributed by atoms with Crippen LogP contribution in [0.5, 0.6) is 0 Å². The highest BCUT2D eigenvalue weighted by Crippen LogP contribution is 2.34. The van der Waals surface area contributed by atoms with Crippen LogP contribution in [0.4, 0.5) is 17.5 Å². The Balaban J connectivity index is 0.000000141. The van der Waals surface area contributed by atoms with Gasteiger partial charge in [-0.15, -0.1) is 0 Å². The van der Waals surface area contributed by atoms with Gasteiger partial charge in [-0.3, -0.25) is 62.9 Å². The first-order valence-corrected chi connectivity index (χ1v) is 40.7. The second-order valence-corrected chi connectivity index (χ2v) is 29.3. The molecular formula is C92H82N26O10. The molecule has 0 saturated heterocycles. The zero-order valence-electron chi connectivity index (χ0n) is 68.8. The number of para-hydroxylation sites is 3. The molecule has 0 unspecified atom stereocenters. The topological polar surface area (TPSA) is 493 Å². The van der Waals surface area contributed by atoms with Gasteiger partial charge >= 0.3 is 0 Å². The lowest BCUT2D eigenvalue weighted by atomic mass is 9.99. The zero-order valence-corrected chi connectivity index (χ0v) is 68.8. The Morgan fingerprint density at radius 1 is 0.367 bits per heavy atom. The normalized spacial score (nSPS) is 11.9. The van der Waals surface area contributed by atoms with Gasteiger partial charge in [-0.25, -0.2) is 76.2 Å². The second-order valence-electron chi connectivity index (χ2n) is 29.3. The Morgan fingerprint density at radius 2 is 0.734 bits per heavy atom. The van der Waals surface area contributed by atoms with Crippen LogP contribution in [0.3, 0.4) is 0 Å². The standard InChI is InChI=1S/C31H27N9O4.C31H29N9O3.C30H26N8O3/c1-2-22(37-27-25-26(34-16-33-25)35-17-36-27)28-38-23-10-6-7-20(24(23)31(43)40(28)21-8-4-3-5-9-21)15-32-29(41)18-11-13-19(14-12-18)30(42)39-44;1-2-23(37-28-26-27(34-17-33-26)35-18-36-28)29-38-24-10-6-7-21(25(24)31(42)40(29)22-8-4-3-5-9-22)16-32-15-19-11-13-20(14-12-19)30(41)39-43;1-2-22(35-28-26-27(32-16-31-26)33-17-34-28)29-36-23-10-6-9-21(19-13-11-18(12-14-19)15-24(39)37-41)25(23)30(40)38(29)20-7-4-3-5-8-20/h3-14,16-17,22,44H,2,15H2,1H3,(H,32,41)(H,39,42)(H2,33,34,35,36,37);3-14,17-18,23,32,43H,2,15-16H2,1H3,(H,39,41)(H2,33,34,35,36,37);3-14,16-17,22,41H,2,15H2,1H3,(H,37,39)(H2,31,32,33,34,35)/t22-;23-;22-/m000/s1. The number of hydrogen-bond acceptors (Lipinski definition) is 26. The van der Waals surface area contributed by atoms with Crippen molar-refractivity contribution in [2.45, 2.75) is 84.2 Å². The van der Waals surface area contributed by atoms with E-state index in [-0.39, 0.29) is 47.3 Å². The largest absolute Gasteiger partial charge is 0.358 e. The van der Waals surface area contributed by atoms with Gasteiger partial charge in [-0.2, -0.15) is 0 Å². The number of aromatic nitrogens is 18. The highest BCUT2D eigenvalue weighted by molar-refractivity contribution is 5.98. The lowest BCUT2D eigenvalue weighted by Crippen LogP contribution is -2.30. The van der Waals surface area contributed by atoms with Crippen LogP contribution in [-0.2, 0) is 30.8 Å². The fourth-order valence-corrected chi connectivity index (χ4v) is 15.1. The summed E-state index contributed by atoms with van der Waals surface area (Å²) in [6, 6.07) is 63.7. The molecule has 36 nitrogen and oxygen atoms in total. The molecule has 18 rings (SSSR count). The van der Waals surface area contributed by atoms with Gasteiger partial charge in [-0.1, -0.05) is 148 Å². The number of imidazole rings is 3. The van der Waals surface area contributed by atoms with Crippen molar-refractivity contribution in [3.05, 3.63) is 344 Å². The summed E-state index contributed by atoms with van der Waals surface area (Å²) in [5, 5.41) is 44.5. The molecule has 640 valence electrons.